The number of thiophene rings is 1. The lowest BCUT2D eigenvalue weighted by atomic mass is 10.2. The minimum Gasteiger partial charge on any atom is -0.479 e. The second-order valence-electron chi connectivity index (χ2n) is 7.68. The first-order chi connectivity index (χ1) is 15.0. The van der Waals surface area contributed by atoms with Crippen molar-refractivity contribution in [3.8, 4) is 5.75 Å². The number of esters is 1. The first-order valence-corrected chi connectivity index (χ1v) is 11.1. The molecule has 8 nitrogen and oxygen atoms in total. The number of rotatable bonds is 5. The Kier molecular flexibility index (Phi) is 4.97. The molecule has 0 saturated heterocycles. The molecule has 0 unspecified atom stereocenters. The molecule has 160 valence electrons. The van der Waals surface area contributed by atoms with Crippen molar-refractivity contribution in [2.45, 2.75) is 45.3 Å². The maximum Gasteiger partial charge on any atom is 0.308 e. The Labute approximate surface area is 181 Å². The summed E-state index contributed by atoms with van der Waals surface area (Å²) in [6.45, 7) is 1.75. The van der Waals surface area contributed by atoms with Gasteiger partial charge < -0.3 is 19.4 Å². The summed E-state index contributed by atoms with van der Waals surface area (Å²) in [5.74, 6) is 0.266. The summed E-state index contributed by atoms with van der Waals surface area (Å²) in [4.78, 5) is 48.0. The second-order valence-corrected chi connectivity index (χ2v) is 8.76. The van der Waals surface area contributed by atoms with Gasteiger partial charge in [-0.2, -0.15) is 0 Å². The van der Waals surface area contributed by atoms with E-state index in [1.807, 2.05) is 12.1 Å². The first kappa shape index (κ1) is 19.7. The SMILES string of the molecule is C[C@@H]1Oc2ccccc2N(CCC(=O)OCc2nc3sc4c(c3c(=O)[nH]2)CCC4)C1=O. The maximum absolute atomic E-state index is 12.5. The summed E-state index contributed by atoms with van der Waals surface area (Å²) in [5.41, 5.74) is 1.57. The summed E-state index contributed by atoms with van der Waals surface area (Å²) >= 11 is 1.54. The van der Waals surface area contributed by atoms with E-state index < -0.39 is 12.1 Å². The van der Waals surface area contributed by atoms with Crippen molar-refractivity contribution < 1.29 is 19.1 Å². The molecule has 2 aliphatic rings. The number of carbonyl (C=O) groups excluding carboxylic acids is 2. The highest BCUT2D eigenvalue weighted by Gasteiger charge is 2.31. The number of para-hydroxylation sites is 2. The van der Waals surface area contributed by atoms with E-state index in [9.17, 15) is 14.4 Å². The molecular formula is C22H21N3O5S. The van der Waals surface area contributed by atoms with Crippen LogP contribution in [0.25, 0.3) is 10.2 Å². The van der Waals surface area contributed by atoms with Gasteiger partial charge in [-0.05, 0) is 43.9 Å². The number of hydrogen-bond donors (Lipinski definition) is 1. The summed E-state index contributed by atoms with van der Waals surface area (Å²) in [6.07, 6.45) is 2.38. The first-order valence-electron chi connectivity index (χ1n) is 10.3. The molecule has 0 radical (unpaired) electrons. The van der Waals surface area contributed by atoms with Gasteiger partial charge in [0.25, 0.3) is 11.5 Å². The second kappa shape index (κ2) is 7.81. The van der Waals surface area contributed by atoms with Crippen LogP contribution in [0.4, 0.5) is 5.69 Å². The van der Waals surface area contributed by atoms with Gasteiger partial charge in [0, 0.05) is 11.4 Å². The lowest BCUT2D eigenvalue weighted by molar-refractivity contribution is -0.145. The van der Waals surface area contributed by atoms with Crippen LogP contribution in [0.3, 0.4) is 0 Å². The van der Waals surface area contributed by atoms with Gasteiger partial charge in [0.15, 0.2) is 6.10 Å². The van der Waals surface area contributed by atoms with E-state index in [1.165, 1.54) is 4.88 Å². The largest absolute Gasteiger partial charge is 0.479 e. The molecule has 1 N–H and O–H groups in total. The smallest absolute Gasteiger partial charge is 0.308 e. The van der Waals surface area contributed by atoms with Crippen molar-refractivity contribution in [1.29, 1.82) is 0 Å². The fourth-order valence-corrected chi connectivity index (χ4v) is 5.41. The van der Waals surface area contributed by atoms with Crippen LogP contribution < -0.4 is 15.2 Å². The Hall–Kier alpha value is -3.20. The molecule has 1 aliphatic heterocycles. The number of nitrogens with zero attached hydrogens (tertiary/aromatic N) is 2. The van der Waals surface area contributed by atoms with Crippen LogP contribution in [0.15, 0.2) is 29.1 Å². The monoisotopic (exact) mass is 439 g/mol. The van der Waals surface area contributed by atoms with Gasteiger partial charge in [-0.15, -0.1) is 11.3 Å². The number of fused-ring (bicyclic) bond motifs is 4. The summed E-state index contributed by atoms with van der Waals surface area (Å²) in [5, 5.41) is 0.672. The molecule has 0 fully saturated rings. The van der Waals surface area contributed by atoms with Gasteiger partial charge in [-0.3, -0.25) is 14.4 Å². The lowest BCUT2D eigenvalue weighted by Crippen LogP contribution is -2.45. The molecule has 1 aromatic carbocycles. The molecule has 1 aliphatic carbocycles. The normalized spacial score (nSPS) is 17.4. The average molecular weight is 439 g/mol. The molecule has 3 aromatic rings. The van der Waals surface area contributed by atoms with Crippen molar-refractivity contribution in [3.05, 3.63) is 50.9 Å². The number of aromatic nitrogens is 2. The predicted octanol–water partition coefficient (Wildman–Crippen LogP) is 2.72. The van der Waals surface area contributed by atoms with Crippen LogP contribution in [0.2, 0.25) is 0 Å². The number of anilines is 1. The standard InChI is InChI=1S/C22H21N3O5S/c1-12-22(28)25(14-6-2-3-7-15(14)30-12)10-9-18(26)29-11-17-23-20(27)19-13-5-4-8-16(13)31-21(19)24-17/h2-3,6-7,12H,4-5,8-11H2,1H3,(H,23,24,27)/t12-/m0/s1. The molecular weight excluding hydrogens is 418 g/mol. The minimum atomic E-state index is -0.612. The third-order valence-electron chi connectivity index (χ3n) is 5.61. The molecule has 0 spiro atoms. The molecule has 3 heterocycles. The number of hydrogen-bond acceptors (Lipinski definition) is 7. The van der Waals surface area contributed by atoms with E-state index in [0.29, 0.717) is 27.5 Å². The molecule has 5 rings (SSSR count). The number of ether oxygens (including phenoxy) is 2. The van der Waals surface area contributed by atoms with Gasteiger partial charge >= 0.3 is 5.97 Å². The van der Waals surface area contributed by atoms with E-state index >= 15 is 0 Å². The van der Waals surface area contributed by atoms with Crippen molar-refractivity contribution >= 4 is 39.1 Å². The van der Waals surface area contributed by atoms with Crippen LogP contribution in [-0.2, 0) is 33.8 Å². The molecule has 0 saturated carbocycles. The summed E-state index contributed by atoms with van der Waals surface area (Å²) in [6, 6.07) is 7.23. The van der Waals surface area contributed by atoms with Crippen LogP contribution >= 0.6 is 11.3 Å². The Morgan fingerprint density at radius 1 is 1.32 bits per heavy atom. The summed E-state index contributed by atoms with van der Waals surface area (Å²) in [7, 11) is 0. The lowest BCUT2D eigenvalue weighted by Gasteiger charge is -2.32. The molecule has 2 aromatic heterocycles. The third-order valence-corrected chi connectivity index (χ3v) is 6.79. The minimum absolute atomic E-state index is 0.0204. The number of aryl methyl sites for hydroxylation is 2. The van der Waals surface area contributed by atoms with E-state index in [2.05, 4.69) is 9.97 Å². The number of H-pyrrole nitrogens is 1. The third kappa shape index (κ3) is 3.59. The topological polar surface area (TPSA) is 102 Å². The summed E-state index contributed by atoms with van der Waals surface area (Å²) < 4.78 is 10.9. The maximum atomic E-state index is 12.5. The van der Waals surface area contributed by atoms with Crippen molar-refractivity contribution in [2.24, 2.45) is 0 Å². The van der Waals surface area contributed by atoms with Gasteiger partial charge in [0.2, 0.25) is 0 Å². The van der Waals surface area contributed by atoms with Gasteiger partial charge in [0.05, 0.1) is 17.5 Å². The molecule has 1 atom stereocenters. The van der Waals surface area contributed by atoms with Crippen LogP contribution in [0.1, 0.15) is 36.0 Å². The highest BCUT2D eigenvalue weighted by atomic mass is 32.1. The van der Waals surface area contributed by atoms with Gasteiger partial charge in [0.1, 0.15) is 23.0 Å². The van der Waals surface area contributed by atoms with Crippen molar-refractivity contribution in [1.82, 2.24) is 9.97 Å². The number of benzene rings is 1. The zero-order chi connectivity index (χ0) is 21.5. The van der Waals surface area contributed by atoms with Gasteiger partial charge in [-0.25, -0.2) is 4.98 Å². The number of carbonyl (C=O) groups is 2. The Morgan fingerprint density at radius 3 is 3.03 bits per heavy atom. The number of amides is 1. The predicted molar refractivity (Wildman–Crippen MR) is 116 cm³/mol. The quantitative estimate of drug-likeness (QED) is 0.614. The van der Waals surface area contributed by atoms with Crippen molar-refractivity contribution in [3.63, 3.8) is 0 Å². The molecule has 31 heavy (non-hydrogen) atoms. The fraction of sp³-hybridized carbons (Fsp3) is 0.364. The zero-order valence-corrected chi connectivity index (χ0v) is 17.8. The van der Waals surface area contributed by atoms with Crippen LogP contribution in [0, 0.1) is 0 Å². The highest BCUT2D eigenvalue weighted by Crippen LogP contribution is 2.35. The van der Waals surface area contributed by atoms with Crippen molar-refractivity contribution in [2.75, 3.05) is 11.4 Å². The van der Waals surface area contributed by atoms with Gasteiger partial charge in [-0.1, -0.05) is 12.1 Å². The fourth-order valence-electron chi connectivity index (χ4n) is 4.13. The Morgan fingerprint density at radius 2 is 2.16 bits per heavy atom. The molecule has 9 heteroatoms. The highest BCUT2D eigenvalue weighted by molar-refractivity contribution is 7.18. The van der Waals surface area contributed by atoms with Crippen LogP contribution in [-0.4, -0.2) is 34.5 Å². The van der Waals surface area contributed by atoms with E-state index in [0.717, 1.165) is 24.8 Å². The number of nitrogens with one attached hydrogen (secondary N) is 1. The average Bonchev–Trinajstić information content (AvgIpc) is 3.33. The molecule has 0 bridgehead atoms. The van der Waals surface area contributed by atoms with E-state index in [1.54, 1.807) is 35.3 Å². The Bertz CT molecular complexity index is 1250. The Balaban J connectivity index is 1.24. The molecule has 1 amide bonds. The van der Waals surface area contributed by atoms with Crippen LogP contribution in [0.5, 0.6) is 5.75 Å². The zero-order valence-electron chi connectivity index (χ0n) is 17.0. The van der Waals surface area contributed by atoms with E-state index in [4.69, 9.17) is 9.47 Å². The number of aromatic amines is 1. The van der Waals surface area contributed by atoms with E-state index in [-0.39, 0.29) is 31.0 Å².